The minimum atomic E-state index is -4.76. The van der Waals surface area contributed by atoms with Gasteiger partial charge in [-0.1, -0.05) is 18.9 Å². The van der Waals surface area contributed by atoms with Crippen LogP contribution in [0, 0.1) is 5.82 Å². The van der Waals surface area contributed by atoms with Crippen molar-refractivity contribution in [3.05, 3.63) is 35.1 Å². The highest BCUT2D eigenvalue weighted by atomic mass is 19.4. The average Bonchev–Trinajstić information content (AvgIpc) is 2.78. The molecule has 2 rings (SSSR count). The molecule has 6 heteroatoms. The molecule has 102 valence electrons. The van der Waals surface area contributed by atoms with Gasteiger partial charge in [0.05, 0.1) is 11.1 Å². The number of carbonyl (C=O) groups excluding carboxylic acids is 1. The van der Waals surface area contributed by atoms with E-state index in [1.54, 1.807) is 0 Å². The Bertz CT molecular complexity index is 526. The van der Waals surface area contributed by atoms with Crippen molar-refractivity contribution in [2.24, 2.45) is 4.99 Å². The number of isocyanates is 1. The van der Waals surface area contributed by atoms with Crippen molar-refractivity contribution in [3.63, 3.8) is 0 Å². The minimum absolute atomic E-state index is 0.224. The molecule has 1 aromatic rings. The fourth-order valence-electron chi connectivity index (χ4n) is 2.54. The first-order chi connectivity index (χ1) is 8.89. The van der Waals surface area contributed by atoms with Crippen molar-refractivity contribution in [3.8, 4) is 0 Å². The van der Waals surface area contributed by atoms with E-state index in [4.69, 9.17) is 0 Å². The highest BCUT2D eigenvalue weighted by Gasteiger charge is 2.39. The van der Waals surface area contributed by atoms with E-state index in [1.165, 1.54) is 12.1 Å². The van der Waals surface area contributed by atoms with E-state index in [0.717, 1.165) is 25.0 Å². The Morgan fingerprint density at radius 2 is 1.84 bits per heavy atom. The predicted octanol–water partition coefficient (Wildman–Crippen LogP) is 3.95. The number of alkyl halides is 3. The Hall–Kier alpha value is -1.68. The Kier molecular flexibility index (Phi) is 3.45. The molecule has 0 unspecified atom stereocenters. The molecule has 0 amide bonds. The Morgan fingerprint density at radius 1 is 1.21 bits per heavy atom. The highest BCUT2D eigenvalue weighted by Crippen LogP contribution is 2.44. The molecular weight excluding hydrogens is 262 g/mol. The standard InChI is InChI=1S/C13H11F4NO/c14-11-4-3-9(7-10(11)13(15,16)17)12(18-8-19)5-1-2-6-12/h3-4,7H,1-2,5-6H2. The fraction of sp³-hybridized carbons (Fsp3) is 0.462. The number of hydrogen-bond donors (Lipinski definition) is 0. The van der Waals surface area contributed by atoms with Gasteiger partial charge in [0.15, 0.2) is 0 Å². The number of aliphatic imine (C=N–C) groups is 1. The maximum Gasteiger partial charge on any atom is 0.419 e. The summed E-state index contributed by atoms with van der Waals surface area (Å²) in [5.41, 5.74) is -2.07. The van der Waals surface area contributed by atoms with Gasteiger partial charge in [-0.3, -0.25) is 0 Å². The Labute approximate surface area is 107 Å². The van der Waals surface area contributed by atoms with E-state index < -0.39 is 23.1 Å². The summed E-state index contributed by atoms with van der Waals surface area (Å²) in [5.74, 6) is -1.32. The summed E-state index contributed by atoms with van der Waals surface area (Å²) in [4.78, 5) is 14.2. The van der Waals surface area contributed by atoms with Crippen LogP contribution in [0.5, 0.6) is 0 Å². The molecule has 0 spiro atoms. The Balaban J connectivity index is 2.54. The first-order valence-electron chi connectivity index (χ1n) is 5.85. The molecule has 1 aromatic carbocycles. The van der Waals surface area contributed by atoms with Crippen molar-refractivity contribution in [1.29, 1.82) is 0 Å². The molecule has 1 fully saturated rings. The lowest BCUT2D eigenvalue weighted by Crippen LogP contribution is -2.20. The third kappa shape index (κ3) is 2.54. The topological polar surface area (TPSA) is 29.4 Å². The number of nitrogens with zero attached hydrogens (tertiary/aromatic N) is 1. The second-order valence-corrected chi connectivity index (χ2v) is 4.63. The first-order valence-corrected chi connectivity index (χ1v) is 5.85. The van der Waals surface area contributed by atoms with Gasteiger partial charge in [-0.15, -0.1) is 0 Å². The normalized spacial score (nSPS) is 18.1. The van der Waals surface area contributed by atoms with E-state index >= 15 is 0 Å². The summed E-state index contributed by atoms with van der Waals surface area (Å²) in [6, 6.07) is 2.79. The fourth-order valence-corrected chi connectivity index (χ4v) is 2.54. The second kappa shape index (κ2) is 4.78. The summed E-state index contributed by atoms with van der Waals surface area (Å²) in [6.45, 7) is 0. The van der Waals surface area contributed by atoms with Crippen LogP contribution in [0.4, 0.5) is 17.6 Å². The van der Waals surface area contributed by atoms with Crippen LogP contribution < -0.4 is 0 Å². The molecule has 0 N–H and O–H groups in total. The van der Waals surface area contributed by atoms with Crippen LogP contribution in [0.3, 0.4) is 0 Å². The van der Waals surface area contributed by atoms with E-state index in [1.807, 2.05) is 0 Å². The lowest BCUT2D eigenvalue weighted by Gasteiger charge is -2.24. The van der Waals surface area contributed by atoms with E-state index in [-0.39, 0.29) is 5.56 Å². The third-order valence-electron chi connectivity index (χ3n) is 3.50. The van der Waals surface area contributed by atoms with Crippen molar-refractivity contribution in [1.82, 2.24) is 0 Å². The zero-order valence-electron chi connectivity index (χ0n) is 9.93. The van der Waals surface area contributed by atoms with Crippen molar-refractivity contribution in [2.45, 2.75) is 37.4 Å². The van der Waals surface area contributed by atoms with Gasteiger partial charge in [-0.25, -0.2) is 9.18 Å². The lowest BCUT2D eigenvalue weighted by atomic mass is 9.88. The molecule has 0 atom stereocenters. The second-order valence-electron chi connectivity index (χ2n) is 4.63. The smallest absolute Gasteiger partial charge is 0.211 e. The van der Waals surface area contributed by atoms with Gasteiger partial charge in [0, 0.05) is 0 Å². The zero-order valence-corrected chi connectivity index (χ0v) is 9.93. The summed E-state index contributed by atoms with van der Waals surface area (Å²) in [5, 5.41) is 0. The van der Waals surface area contributed by atoms with Crippen molar-refractivity contribution >= 4 is 6.08 Å². The molecule has 0 bridgehead atoms. The maximum atomic E-state index is 13.2. The number of rotatable bonds is 2. The number of halogens is 4. The van der Waals surface area contributed by atoms with E-state index in [9.17, 15) is 22.4 Å². The van der Waals surface area contributed by atoms with Crippen LogP contribution in [0.15, 0.2) is 23.2 Å². The van der Waals surface area contributed by atoms with Crippen LogP contribution in [-0.4, -0.2) is 6.08 Å². The first kappa shape index (κ1) is 13.7. The molecule has 2 nitrogen and oxygen atoms in total. The van der Waals surface area contributed by atoms with Crippen molar-refractivity contribution in [2.75, 3.05) is 0 Å². The van der Waals surface area contributed by atoms with Gasteiger partial charge in [0.25, 0.3) is 0 Å². The van der Waals surface area contributed by atoms with Crippen molar-refractivity contribution < 1.29 is 22.4 Å². The summed E-state index contributed by atoms with van der Waals surface area (Å²) in [7, 11) is 0. The van der Waals surface area contributed by atoms with Crippen LogP contribution in [-0.2, 0) is 16.5 Å². The molecular formula is C13H11F4NO. The van der Waals surface area contributed by atoms with Gasteiger partial charge < -0.3 is 0 Å². The number of benzene rings is 1. The predicted molar refractivity (Wildman–Crippen MR) is 59.7 cm³/mol. The molecule has 1 saturated carbocycles. The molecule has 1 aliphatic carbocycles. The van der Waals surface area contributed by atoms with Crippen LogP contribution in [0.2, 0.25) is 0 Å². The van der Waals surface area contributed by atoms with Gasteiger partial charge >= 0.3 is 6.18 Å². The summed E-state index contributed by atoms with van der Waals surface area (Å²) >= 11 is 0. The van der Waals surface area contributed by atoms with Crippen LogP contribution in [0.25, 0.3) is 0 Å². The van der Waals surface area contributed by atoms with Crippen LogP contribution in [0.1, 0.15) is 36.8 Å². The van der Waals surface area contributed by atoms with E-state index in [2.05, 4.69) is 4.99 Å². The number of hydrogen-bond acceptors (Lipinski definition) is 2. The van der Waals surface area contributed by atoms with Gasteiger partial charge in [0.1, 0.15) is 5.82 Å². The molecule has 1 aliphatic rings. The Morgan fingerprint density at radius 3 is 2.37 bits per heavy atom. The molecule has 19 heavy (non-hydrogen) atoms. The molecule has 0 heterocycles. The monoisotopic (exact) mass is 273 g/mol. The summed E-state index contributed by atoms with van der Waals surface area (Å²) < 4.78 is 51.3. The lowest BCUT2D eigenvalue weighted by molar-refractivity contribution is -0.140. The molecule has 0 radical (unpaired) electrons. The molecule has 0 aliphatic heterocycles. The quantitative estimate of drug-likeness (QED) is 0.456. The van der Waals surface area contributed by atoms with Gasteiger partial charge in [0.2, 0.25) is 6.08 Å². The van der Waals surface area contributed by atoms with Gasteiger partial charge in [-0.2, -0.15) is 18.2 Å². The highest BCUT2D eigenvalue weighted by molar-refractivity contribution is 5.40. The molecule has 0 aromatic heterocycles. The largest absolute Gasteiger partial charge is 0.419 e. The maximum absolute atomic E-state index is 13.2. The summed E-state index contributed by atoms with van der Waals surface area (Å²) in [6.07, 6.45) is -0.847. The SMILES string of the molecule is O=C=NC1(c2ccc(F)c(C(F)(F)F)c2)CCCC1. The minimum Gasteiger partial charge on any atom is -0.211 e. The molecule has 0 saturated heterocycles. The third-order valence-corrected chi connectivity index (χ3v) is 3.50. The average molecular weight is 273 g/mol. The zero-order chi connectivity index (χ0) is 14.1. The van der Waals surface area contributed by atoms with Crippen LogP contribution >= 0.6 is 0 Å². The van der Waals surface area contributed by atoms with E-state index in [0.29, 0.717) is 12.8 Å². The van der Waals surface area contributed by atoms with Gasteiger partial charge in [-0.05, 0) is 30.5 Å².